The molecule has 1 saturated heterocycles. The first kappa shape index (κ1) is 21.1. The van der Waals surface area contributed by atoms with Crippen LogP contribution < -0.4 is 5.73 Å². The normalized spacial score (nSPS) is 19.0. The number of ether oxygens (including phenoxy) is 2. The van der Waals surface area contributed by atoms with Crippen LogP contribution in [0.2, 0.25) is 0 Å². The average Bonchev–Trinajstić information content (AvgIpc) is 3.34. The molecule has 0 radical (unpaired) electrons. The predicted molar refractivity (Wildman–Crippen MR) is 116 cm³/mol. The van der Waals surface area contributed by atoms with Crippen LogP contribution in [0.4, 0.5) is 4.79 Å². The Morgan fingerprint density at radius 2 is 1.94 bits per heavy atom. The second-order valence-electron chi connectivity index (χ2n) is 8.20. The molecule has 2 atom stereocenters. The highest BCUT2D eigenvalue weighted by atomic mass is 16.6. The van der Waals surface area contributed by atoms with Crippen LogP contribution in [-0.2, 0) is 15.9 Å². The van der Waals surface area contributed by atoms with Crippen molar-refractivity contribution in [2.45, 2.75) is 38.0 Å². The van der Waals surface area contributed by atoms with Crippen molar-refractivity contribution in [3.05, 3.63) is 59.4 Å². The molecule has 3 aromatic rings. The fourth-order valence-corrected chi connectivity index (χ4v) is 4.40. The first-order chi connectivity index (χ1) is 16.0. The summed E-state index contributed by atoms with van der Waals surface area (Å²) in [5.41, 5.74) is 7.39. The van der Waals surface area contributed by atoms with Gasteiger partial charge in [0, 0.05) is 24.6 Å². The summed E-state index contributed by atoms with van der Waals surface area (Å²) in [6, 6.07) is 8.50. The number of hydrogen-bond donors (Lipinski definition) is 1. The van der Waals surface area contributed by atoms with Gasteiger partial charge in [0.25, 0.3) is 11.8 Å². The number of pyridine rings is 1. The number of aromatic nitrogens is 3. The minimum absolute atomic E-state index is 0.109. The fraction of sp³-hybridized carbons (Fsp3) is 0.348. The number of nitrogens with two attached hydrogens (primary N) is 1. The van der Waals surface area contributed by atoms with Crippen molar-refractivity contribution < 1.29 is 23.9 Å². The van der Waals surface area contributed by atoms with Gasteiger partial charge in [-0.15, -0.1) is 0 Å². The molecule has 2 aromatic heterocycles. The van der Waals surface area contributed by atoms with Crippen LogP contribution in [0, 0.1) is 0 Å². The highest BCUT2D eigenvalue weighted by molar-refractivity contribution is 6.21. The lowest BCUT2D eigenvalue weighted by Crippen LogP contribution is -2.40. The number of benzene rings is 1. The Morgan fingerprint density at radius 1 is 1.18 bits per heavy atom. The minimum Gasteiger partial charge on any atom is -0.444 e. The van der Waals surface area contributed by atoms with Crippen molar-refractivity contribution in [3.63, 3.8) is 0 Å². The first-order valence-corrected chi connectivity index (χ1v) is 10.9. The Balaban J connectivity index is 1.35. The van der Waals surface area contributed by atoms with Gasteiger partial charge in [-0.3, -0.25) is 14.5 Å². The summed E-state index contributed by atoms with van der Waals surface area (Å²) in [6.07, 6.45) is 4.69. The van der Waals surface area contributed by atoms with Gasteiger partial charge >= 0.3 is 6.09 Å². The van der Waals surface area contributed by atoms with Crippen molar-refractivity contribution in [1.29, 1.82) is 0 Å². The number of carbonyl (C=O) groups excluding carboxylic acids is 3. The maximum absolute atomic E-state index is 12.7. The van der Waals surface area contributed by atoms with E-state index in [1.54, 1.807) is 41.3 Å². The van der Waals surface area contributed by atoms with Crippen LogP contribution in [0.1, 0.15) is 51.8 Å². The van der Waals surface area contributed by atoms with Crippen molar-refractivity contribution >= 4 is 28.9 Å². The summed E-state index contributed by atoms with van der Waals surface area (Å²) in [7, 11) is 0. The van der Waals surface area contributed by atoms with E-state index >= 15 is 0 Å². The van der Waals surface area contributed by atoms with Crippen molar-refractivity contribution in [1.82, 2.24) is 19.7 Å². The average molecular weight is 449 g/mol. The van der Waals surface area contributed by atoms with Gasteiger partial charge in [-0.25, -0.2) is 14.5 Å². The third-order valence-corrected chi connectivity index (χ3v) is 5.93. The number of primary amides is 1. The molecular weight excluding hydrogens is 426 g/mol. The summed E-state index contributed by atoms with van der Waals surface area (Å²) in [4.78, 5) is 42.6. The van der Waals surface area contributed by atoms with E-state index in [9.17, 15) is 14.4 Å². The molecule has 2 aliphatic heterocycles. The molecule has 0 spiro atoms. The van der Waals surface area contributed by atoms with E-state index in [4.69, 9.17) is 15.2 Å². The number of rotatable bonds is 6. The summed E-state index contributed by atoms with van der Waals surface area (Å²) >= 11 is 0. The third kappa shape index (κ3) is 4.05. The first-order valence-electron chi connectivity index (χ1n) is 10.9. The Bertz CT molecular complexity index is 1200. The number of nitrogens with zero attached hydrogens (tertiary/aromatic N) is 4. The highest BCUT2D eigenvalue weighted by Crippen LogP contribution is 2.26. The molecular formula is C23H23N5O5. The summed E-state index contributed by atoms with van der Waals surface area (Å²) in [5, 5.41) is 5.26. The topological polar surface area (TPSA) is 130 Å². The van der Waals surface area contributed by atoms with Gasteiger partial charge in [0.15, 0.2) is 11.9 Å². The van der Waals surface area contributed by atoms with E-state index in [1.165, 1.54) is 0 Å². The van der Waals surface area contributed by atoms with E-state index in [-0.39, 0.29) is 19.2 Å². The molecule has 3 amide bonds. The molecule has 2 N–H and O–H groups in total. The Hall–Kier alpha value is -3.79. The minimum atomic E-state index is -0.979. The fourth-order valence-electron chi connectivity index (χ4n) is 4.40. The SMILES string of the molecule is NC(=O)O[C@@H](Cc1cnc2c(cnn2C2CCCCO2)c1)CN1C(=O)c2ccccc2C1=O. The Labute approximate surface area is 189 Å². The molecule has 10 nitrogen and oxygen atoms in total. The molecule has 170 valence electrons. The molecule has 1 fully saturated rings. The summed E-state index contributed by atoms with van der Waals surface area (Å²) in [5.74, 6) is -0.841. The van der Waals surface area contributed by atoms with Crippen LogP contribution >= 0.6 is 0 Å². The standard InChI is InChI=1S/C23H23N5O5/c24-23(31)33-16(13-27-21(29)17-5-1-2-6-18(17)22(27)30)10-14-9-15-12-26-28(20(15)25-11-14)19-7-3-4-8-32-19/h1-2,5-6,9,11-12,16,19H,3-4,7-8,10,13H2,(H2,24,31)/t16-,19?/m0/s1. The quantitative estimate of drug-likeness (QED) is 0.572. The van der Waals surface area contributed by atoms with Crippen molar-refractivity contribution in [3.8, 4) is 0 Å². The molecule has 1 unspecified atom stereocenters. The van der Waals surface area contributed by atoms with E-state index in [0.29, 0.717) is 23.4 Å². The van der Waals surface area contributed by atoms with Crippen molar-refractivity contribution in [2.24, 2.45) is 5.73 Å². The predicted octanol–water partition coefficient (Wildman–Crippen LogP) is 2.43. The summed E-state index contributed by atoms with van der Waals surface area (Å²) < 4.78 is 12.8. The zero-order valence-corrected chi connectivity index (χ0v) is 17.8. The van der Waals surface area contributed by atoms with Crippen LogP contribution in [0.25, 0.3) is 11.0 Å². The van der Waals surface area contributed by atoms with Gasteiger partial charge in [-0.2, -0.15) is 5.10 Å². The molecule has 2 aliphatic rings. The van der Waals surface area contributed by atoms with Gasteiger partial charge in [-0.05, 0) is 43.0 Å². The number of imide groups is 1. The van der Waals surface area contributed by atoms with E-state index in [1.807, 2.05) is 6.07 Å². The van der Waals surface area contributed by atoms with Crippen LogP contribution in [-0.4, -0.2) is 56.8 Å². The second-order valence-corrected chi connectivity index (χ2v) is 8.20. The molecule has 0 bridgehead atoms. The van der Waals surface area contributed by atoms with Crippen molar-refractivity contribution in [2.75, 3.05) is 13.2 Å². The molecule has 0 aliphatic carbocycles. The zero-order chi connectivity index (χ0) is 22.9. The lowest BCUT2D eigenvalue weighted by molar-refractivity contribution is -0.0370. The van der Waals surface area contributed by atoms with Gasteiger partial charge in [-0.1, -0.05) is 12.1 Å². The van der Waals surface area contributed by atoms with Crippen LogP contribution in [0.3, 0.4) is 0 Å². The van der Waals surface area contributed by atoms with Gasteiger partial charge < -0.3 is 15.2 Å². The smallest absolute Gasteiger partial charge is 0.404 e. The highest BCUT2D eigenvalue weighted by Gasteiger charge is 2.37. The van der Waals surface area contributed by atoms with Gasteiger partial charge in [0.05, 0.1) is 23.9 Å². The molecule has 4 heterocycles. The summed E-state index contributed by atoms with van der Waals surface area (Å²) in [6.45, 7) is 0.594. The maximum Gasteiger partial charge on any atom is 0.404 e. The lowest BCUT2D eigenvalue weighted by Gasteiger charge is -2.23. The van der Waals surface area contributed by atoms with Crippen LogP contribution in [0.5, 0.6) is 0 Å². The Kier molecular flexibility index (Phi) is 5.51. The number of fused-ring (bicyclic) bond motifs is 2. The van der Waals surface area contributed by atoms with Crippen LogP contribution in [0.15, 0.2) is 42.7 Å². The lowest BCUT2D eigenvalue weighted by atomic mass is 10.1. The van der Waals surface area contributed by atoms with E-state index in [0.717, 1.165) is 35.1 Å². The number of amides is 3. The van der Waals surface area contributed by atoms with Gasteiger partial charge in [0.1, 0.15) is 6.10 Å². The Morgan fingerprint density at radius 3 is 2.61 bits per heavy atom. The third-order valence-electron chi connectivity index (χ3n) is 5.93. The molecule has 10 heteroatoms. The zero-order valence-electron chi connectivity index (χ0n) is 17.8. The second kappa shape index (κ2) is 8.62. The molecule has 0 saturated carbocycles. The van der Waals surface area contributed by atoms with Gasteiger partial charge in [0.2, 0.25) is 0 Å². The van der Waals surface area contributed by atoms with E-state index in [2.05, 4.69) is 10.1 Å². The molecule has 33 heavy (non-hydrogen) atoms. The maximum atomic E-state index is 12.7. The molecule has 1 aromatic carbocycles. The molecule has 5 rings (SSSR count). The largest absolute Gasteiger partial charge is 0.444 e. The number of hydrogen-bond acceptors (Lipinski definition) is 7. The monoisotopic (exact) mass is 449 g/mol. The van der Waals surface area contributed by atoms with E-state index < -0.39 is 24.0 Å². The number of carbonyl (C=O) groups is 3.